The van der Waals surface area contributed by atoms with Crippen molar-refractivity contribution in [3.63, 3.8) is 0 Å². The van der Waals surface area contributed by atoms with Gasteiger partial charge in [-0.1, -0.05) is 115 Å². The molecule has 2 nitrogen and oxygen atoms in total. The fraction of sp³-hybridized carbons (Fsp3) is 0. The molecule has 0 N–H and O–H groups in total. The molecule has 2 aromatic heterocycles. The van der Waals surface area contributed by atoms with E-state index >= 15 is 0 Å². The van der Waals surface area contributed by atoms with Crippen LogP contribution in [0.3, 0.4) is 0 Å². The average Bonchev–Trinajstić information content (AvgIpc) is 3.65. The molecule has 9 aromatic rings. The molecular formula is C40H25NOS. The van der Waals surface area contributed by atoms with Crippen LogP contribution < -0.4 is 4.90 Å². The van der Waals surface area contributed by atoms with Gasteiger partial charge in [0.2, 0.25) is 0 Å². The summed E-state index contributed by atoms with van der Waals surface area (Å²) in [4.78, 5) is 2.37. The van der Waals surface area contributed by atoms with Crippen LogP contribution in [0.4, 0.5) is 17.1 Å². The molecule has 0 aliphatic carbocycles. The van der Waals surface area contributed by atoms with Gasteiger partial charge in [0, 0.05) is 31.9 Å². The Morgan fingerprint density at radius 1 is 0.465 bits per heavy atom. The number of hydrogen-bond acceptors (Lipinski definition) is 3. The minimum atomic E-state index is 0.888. The Balaban J connectivity index is 1.33. The Bertz CT molecular complexity index is 2450. The summed E-state index contributed by atoms with van der Waals surface area (Å²) in [6.07, 6.45) is 0. The van der Waals surface area contributed by atoms with E-state index in [-0.39, 0.29) is 0 Å². The molecule has 0 amide bonds. The van der Waals surface area contributed by atoms with Crippen LogP contribution in [0.1, 0.15) is 0 Å². The number of hydrogen-bond donors (Lipinski definition) is 0. The van der Waals surface area contributed by atoms with Crippen LogP contribution in [-0.4, -0.2) is 0 Å². The molecule has 2 heterocycles. The normalized spacial score (nSPS) is 11.7. The van der Waals surface area contributed by atoms with Crippen molar-refractivity contribution in [3.8, 4) is 11.1 Å². The zero-order valence-electron chi connectivity index (χ0n) is 23.2. The van der Waals surface area contributed by atoms with E-state index in [0.717, 1.165) is 39.0 Å². The molecule has 9 rings (SSSR count). The molecule has 3 heteroatoms. The van der Waals surface area contributed by atoms with Gasteiger partial charge in [-0.05, 0) is 58.3 Å². The molecule has 0 unspecified atom stereocenters. The summed E-state index contributed by atoms with van der Waals surface area (Å²) in [7, 11) is 0. The lowest BCUT2D eigenvalue weighted by molar-refractivity contribution is 0.669. The maximum absolute atomic E-state index is 6.59. The number of para-hydroxylation sites is 2. The molecule has 43 heavy (non-hydrogen) atoms. The molecule has 0 saturated carbocycles. The largest absolute Gasteiger partial charge is 0.454 e. The van der Waals surface area contributed by atoms with Gasteiger partial charge in [-0.2, -0.15) is 0 Å². The highest BCUT2D eigenvalue weighted by atomic mass is 32.1. The van der Waals surface area contributed by atoms with Crippen LogP contribution in [0.2, 0.25) is 0 Å². The van der Waals surface area contributed by atoms with Crippen molar-refractivity contribution in [2.24, 2.45) is 0 Å². The second-order valence-electron chi connectivity index (χ2n) is 10.9. The lowest BCUT2D eigenvalue weighted by Crippen LogP contribution is -2.10. The van der Waals surface area contributed by atoms with Gasteiger partial charge in [-0.15, -0.1) is 11.3 Å². The van der Waals surface area contributed by atoms with E-state index in [2.05, 4.69) is 150 Å². The van der Waals surface area contributed by atoms with Crippen LogP contribution in [0.15, 0.2) is 156 Å². The molecule has 0 radical (unpaired) electrons. The summed E-state index contributed by atoms with van der Waals surface area (Å²) in [6.45, 7) is 0. The van der Waals surface area contributed by atoms with Gasteiger partial charge < -0.3 is 9.32 Å². The highest BCUT2D eigenvalue weighted by molar-refractivity contribution is 7.26. The van der Waals surface area contributed by atoms with Gasteiger partial charge in [0.25, 0.3) is 0 Å². The van der Waals surface area contributed by atoms with Crippen molar-refractivity contribution < 1.29 is 4.42 Å². The Labute approximate surface area is 252 Å². The first kappa shape index (κ1) is 24.2. The fourth-order valence-corrected chi connectivity index (χ4v) is 7.70. The van der Waals surface area contributed by atoms with Gasteiger partial charge in [-0.3, -0.25) is 0 Å². The molecular weight excluding hydrogens is 543 g/mol. The number of anilines is 3. The van der Waals surface area contributed by atoms with Gasteiger partial charge in [0.05, 0.1) is 16.1 Å². The summed E-state index contributed by atoms with van der Waals surface area (Å²) >= 11 is 1.86. The van der Waals surface area contributed by atoms with Crippen molar-refractivity contribution in [3.05, 3.63) is 152 Å². The third-order valence-corrected chi connectivity index (χ3v) is 9.66. The zero-order valence-corrected chi connectivity index (χ0v) is 24.0. The SMILES string of the molecule is c1ccc(-c2ccc(N(c3cccc4c3oc3ccccc34)c3cccc4c3sc3ccc5ccccc5c34)cc2)cc1. The summed E-state index contributed by atoms with van der Waals surface area (Å²) in [5.74, 6) is 0. The van der Waals surface area contributed by atoms with Crippen LogP contribution >= 0.6 is 11.3 Å². The zero-order chi connectivity index (χ0) is 28.3. The summed E-state index contributed by atoms with van der Waals surface area (Å²) < 4.78 is 9.14. The van der Waals surface area contributed by atoms with Gasteiger partial charge in [0.15, 0.2) is 5.58 Å². The topological polar surface area (TPSA) is 16.4 Å². The Kier molecular flexibility index (Phi) is 5.40. The predicted molar refractivity (Wildman–Crippen MR) is 184 cm³/mol. The second-order valence-corrected chi connectivity index (χ2v) is 12.0. The van der Waals surface area contributed by atoms with E-state index in [9.17, 15) is 0 Å². The van der Waals surface area contributed by atoms with E-state index < -0.39 is 0 Å². The summed E-state index contributed by atoms with van der Waals surface area (Å²) in [6, 6.07) is 54.1. The number of fused-ring (bicyclic) bond motifs is 8. The first-order valence-corrected chi connectivity index (χ1v) is 15.3. The smallest absolute Gasteiger partial charge is 0.159 e. The van der Waals surface area contributed by atoms with Crippen molar-refractivity contribution >= 4 is 81.3 Å². The monoisotopic (exact) mass is 567 g/mol. The molecule has 0 fully saturated rings. The van der Waals surface area contributed by atoms with Gasteiger partial charge in [-0.25, -0.2) is 0 Å². The number of furan rings is 1. The Morgan fingerprint density at radius 2 is 1.14 bits per heavy atom. The van der Waals surface area contributed by atoms with Gasteiger partial charge in [0.1, 0.15) is 5.58 Å². The third kappa shape index (κ3) is 3.79. The van der Waals surface area contributed by atoms with Crippen LogP contribution in [-0.2, 0) is 0 Å². The molecule has 0 bridgehead atoms. The maximum atomic E-state index is 6.59. The van der Waals surface area contributed by atoms with E-state index in [4.69, 9.17) is 4.42 Å². The first-order chi connectivity index (χ1) is 21.3. The molecule has 7 aromatic carbocycles. The molecule has 0 aliphatic rings. The van der Waals surface area contributed by atoms with Crippen molar-refractivity contribution in [2.75, 3.05) is 4.90 Å². The van der Waals surface area contributed by atoms with E-state index in [0.29, 0.717) is 0 Å². The highest BCUT2D eigenvalue weighted by Crippen LogP contribution is 2.48. The second kappa shape index (κ2) is 9.59. The van der Waals surface area contributed by atoms with E-state index in [1.54, 1.807) is 0 Å². The fourth-order valence-electron chi connectivity index (χ4n) is 6.48. The van der Waals surface area contributed by atoms with Crippen LogP contribution in [0.25, 0.3) is 64.0 Å². The van der Waals surface area contributed by atoms with Crippen molar-refractivity contribution in [1.29, 1.82) is 0 Å². The van der Waals surface area contributed by atoms with Crippen LogP contribution in [0.5, 0.6) is 0 Å². The standard InChI is InChI=1S/C40H25NOS/c1-2-10-26(11-3-1)27-20-23-29(24-21-27)41(34-17-8-15-32-31-14-6-7-19-36(31)42-39(32)34)35-18-9-16-33-38-30-13-5-4-12-28(30)22-25-37(38)43-40(33)35/h1-25H. The lowest BCUT2D eigenvalue weighted by atomic mass is 10.0. The minimum absolute atomic E-state index is 0.888. The van der Waals surface area contributed by atoms with Crippen molar-refractivity contribution in [1.82, 2.24) is 0 Å². The van der Waals surface area contributed by atoms with Crippen LogP contribution in [0, 0.1) is 0 Å². The average molecular weight is 568 g/mol. The molecule has 0 aliphatic heterocycles. The Morgan fingerprint density at radius 3 is 2.00 bits per heavy atom. The summed E-state index contributed by atoms with van der Waals surface area (Å²) in [5.41, 5.74) is 7.44. The molecule has 0 atom stereocenters. The van der Waals surface area contributed by atoms with E-state index in [1.807, 2.05) is 17.4 Å². The number of rotatable bonds is 4. The minimum Gasteiger partial charge on any atom is -0.454 e. The third-order valence-electron chi connectivity index (χ3n) is 8.46. The predicted octanol–water partition coefficient (Wildman–Crippen LogP) is 12.2. The van der Waals surface area contributed by atoms with Gasteiger partial charge >= 0.3 is 0 Å². The number of benzene rings is 7. The molecule has 202 valence electrons. The summed E-state index contributed by atoms with van der Waals surface area (Å²) in [5, 5.41) is 7.40. The molecule has 0 saturated heterocycles. The number of nitrogens with zero attached hydrogens (tertiary/aromatic N) is 1. The quantitative estimate of drug-likeness (QED) is 0.210. The maximum Gasteiger partial charge on any atom is 0.159 e. The lowest BCUT2D eigenvalue weighted by Gasteiger charge is -2.26. The molecule has 0 spiro atoms. The highest BCUT2D eigenvalue weighted by Gasteiger charge is 2.22. The van der Waals surface area contributed by atoms with Crippen molar-refractivity contribution in [2.45, 2.75) is 0 Å². The Hall–Kier alpha value is -5.38. The first-order valence-electron chi connectivity index (χ1n) is 14.5. The number of thiophene rings is 1. The van der Waals surface area contributed by atoms with E-state index in [1.165, 1.54) is 42.1 Å².